The Hall–Kier alpha value is -1.10. The van der Waals surface area contributed by atoms with Crippen molar-refractivity contribution >= 4 is 17.6 Å². The Kier molecular flexibility index (Phi) is 5.99. The van der Waals surface area contributed by atoms with E-state index in [0.717, 1.165) is 0 Å². The third-order valence-electron chi connectivity index (χ3n) is 3.08. The molecule has 2 atom stereocenters. The van der Waals surface area contributed by atoms with E-state index in [0.29, 0.717) is 10.6 Å². The molecule has 0 saturated heterocycles. The molecule has 1 aromatic rings. The van der Waals surface area contributed by atoms with E-state index in [-0.39, 0.29) is 17.9 Å². The van der Waals surface area contributed by atoms with Gasteiger partial charge in [0.25, 0.3) is 0 Å². The standard InChI is InChI=1S/C15H22ClNO3/c1-15(2,3)13(14(19)20-4)17-9-12(18)10-7-5-6-8-11(10)16/h5-8,12-13,17-18H,9H2,1-4H3. The van der Waals surface area contributed by atoms with Crippen LogP contribution in [0.15, 0.2) is 24.3 Å². The number of esters is 1. The summed E-state index contributed by atoms with van der Waals surface area (Å²) < 4.78 is 4.79. The quantitative estimate of drug-likeness (QED) is 0.820. The summed E-state index contributed by atoms with van der Waals surface area (Å²) >= 11 is 6.03. The van der Waals surface area contributed by atoms with E-state index in [1.54, 1.807) is 18.2 Å². The highest BCUT2D eigenvalue weighted by molar-refractivity contribution is 6.31. The summed E-state index contributed by atoms with van der Waals surface area (Å²) in [6.45, 7) is 6.02. The first-order valence-corrected chi connectivity index (χ1v) is 6.89. The summed E-state index contributed by atoms with van der Waals surface area (Å²) in [5.74, 6) is -0.344. The molecule has 0 bridgehead atoms. The Morgan fingerprint density at radius 3 is 2.50 bits per heavy atom. The van der Waals surface area contributed by atoms with Gasteiger partial charge in [-0.2, -0.15) is 0 Å². The summed E-state index contributed by atoms with van der Waals surface area (Å²) in [4.78, 5) is 11.8. The van der Waals surface area contributed by atoms with Crippen LogP contribution in [0.4, 0.5) is 0 Å². The number of hydrogen-bond acceptors (Lipinski definition) is 4. The van der Waals surface area contributed by atoms with Crippen molar-refractivity contribution in [1.29, 1.82) is 0 Å². The summed E-state index contributed by atoms with van der Waals surface area (Å²) in [5, 5.41) is 13.7. The van der Waals surface area contributed by atoms with Crippen molar-refractivity contribution in [3.8, 4) is 0 Å². The van der Waals surface area contributed by atoms with Gasteiger partial charge in [0.2, 0.25) is 0 Å². The number of halogens is 1. The average Bonchev–Trinajstić information content (AvgIpc) is 2.37. The predicted octanol–water partition coefficient (Wildman–Crippen LogP) is 2.55. The fourth-order valence-corrected chi connectivity index (χ4v) is 2.21. The topological polar surface area (TPSA) is 58.6 Å². The number of aliphatic hydroxyl groups is 1. The highest BCUT2D eigenvalue weighted by Gasteiger charge is 2.32. The van der Waals surface area contributed by atoms with Crippen molar-refractivity contribution < 1.29 is 14.6 Å². The van der Waals surface area contributed by atoms with Crippen LogP contribution in [-0.4, -0.2) is 30.8 Å². The molecule has 0 aromatic heterocycles. The van der Waals surface area contributed by atoms with E-state index in [1.807, 2.05) is 26.8 Å². The van der Waals surface area contributed by atoms with Crippen LogP contribution in [0.25, 0.3) is 0 Å². The molecule has 0 fully saturated rings. The average molecular weight is 300 g/mol. The van der Waals surface area contributed by atoms with Crippen LogP contribution in [0.5, 0.6) is 0 Å². The fraction of sp³-hybridized carbons (Fsp3) is 0.533. The zero-order valence-electron chi connectivity index (χ0n) is 12.3. The van der Waals surface area contributed by atoms with E-state index in [1.165, 1.54) is 7.11 Å². The van der Waals surface area contributed by atoms with E-state index >= 15 is 0 Å². The first-order chi connectivity index (χ1) is 9.27. The lowest BCUT2D eigenvalue weighted by Gasteiger charge is -2.30. The van der Waals surface area contributed by atoms with Crippen LogP contribution in [0.3, 0.4) is 0 Å². The maximum Gasteiger partial charge on any atom is 0.323 e. The number of ether oxygens (including phenoxy) is 1. The molecule has 1 rings (SSSR count). The Morgan fingerprint density at radius 1 is 1.40 bits per heavy atom. The second-order valence-electron chi connectivity index (χ2n) is 5.77. The minimum atomic E-state index is -0.779. The molecule has 0 radical (unpaired) electrons. The molecule has 1 aromatic carbocycles. The Balaban J connectivity index is 2.73. The molecule has 5 heteroatoms. The summed E-state index contributed by atoms with van der Waals surface area (Å²) in [7, 11) is 1.35. The SMILES string of the molecule is COC(=O)C(NCC(O)c1ccccc1Cl)C(C)(C)C. The third-order valence-corrected chi connectivity index (χ3v) is 3.43. The van der Waals surface area contributed by atoms with Gasteiger partial charge in [-0.25, -0.2) is 0 Å². The fourth-order valence-electron chi connectivity index (χ4n) is 1.95. The van der Waals surface area contributed by atoms with Crippen molar-refractivity contribution in [2.75, 3.05) is 13.7 Å². The van der Waals surface area contributed by atoms with Crippen LogP contribution in [0, 0.1) is 5.41 Å². The van der Waals surface area contributed by atoms with Crippen LogP contribution in [0.1, 0.15) is 32.4 Å². The Morgan fingerprint density at radius 2 is 2.00 bits per heavy atom. The van der Waals surface area contributed by atoms with Crippen molar-refractivity contribution in [3.63, 3.8) is 0 Å². The molecule has 0 aliphatic carbocycles. The third kappa shape index (κ3) is 4.47. The molecular weight excluding hydrogens is 278 g/mol. The maximum atomic E-state index is 11.8. The van der Waals surface area contributed by atoms with E-state index in [2.05, 4.69) is 5.32 Å². The number of hydrogen-bond donors (Lipinski definition) is 2. The van der Waals surface area contributed by atoms with Crippen molar-refractivity contribution in [2.24, 2.45) is 5.41 Å². The monoisotopic (exact) mass is 299 g/mol. The van der Waals surface area contributed by atoms with Gasteiger partial charge < -0.3 is 15.2 Å². The second-order valence-corrected chi connectivity index (χ2v) is 6.17. The molecule has 0 amide bonds. The minimum absolute atomic E-state index is 0.223. The molecule has 20 heavy (non-hydrogen) atoms. The van der Waals surface area contributed by atoms with Gasteiger partial charge in [0, 0.05) is 17.1 Å². The highest BCUT2D eigenvalue weighted by atomic mass is 35.5. The maximum absolute atomic E-state index is 11.8. The molecule has 0 saturated carbocycles. The van der Waals surface area contributed by atoms with Gasteiger partial charge in [-0.05, 0) is 11.5 Å². The van der Waals surface area contributed by atoms with Gasteiger partial charge in [-0.15, -0.1) is 0 Å². The van der Waals surface area contributed by atoms with Crippen LogP contribution < -0.4 is 5.32 Å². The van der Waals surface area contributed by atoms with Gasteiger partial charge in [-0.1, -0.05) is 50.6 Å². The highest BCUT2D eigenvalue weighted by Crippen LogP contribution is 2.24. The normalized spacial score (nSPS) is 14.7. The van der Waals surface area contributed by atoms with Crippen LogP contribution in [0.2, 0.25) is 5.02 Å². The van der Waals surface area contributed by atoms with E-state index in [9.17, 15) is 9.90 Å². The number of carbonyl (C=O) groups excluding carboxylic acids is 1. The molecule has 0 spiro atoms. The van der Waals surface area contributed by atoms with Crippen LogP contribution in [-0.2, 0) is 9.53 Å². The first-order valence-electron chi connectivity index (χ1n) is 6.51. The smallest absolute Gasteiger partial charge is 0.323 e. The number of rotatable bonds is 5. The van der Waals surface area contributed by atoms with Gasteiger partial charge >= 0.3 is 5.97 Å². The number of benzene rings is 1. The lowest BCUT2D eigenvalue weighted by Crippen LogP contribution is -2.48. The van der Waals surface area contributed by atoms with Crippen molar-refractivity contribution in [2.45, 2.75) is 32.9 Å². The molecule has 112 valence electrons. The van der Waals surface area contributed by atoms with E-state index in [4.69, 9.17) is 16.3 Å². The Labute approximate surface area is 125 Å². The molecule has 2 unspecified atom stereocenters. The summed E-state index contributed by atoms with van der Waals surface area (Å²) in [6, 6.07) is 6.61. The predicted molar refractivity (Wildman–Crippen MR) is 79.7 cm³/mol. The second kappa shape index (κ2) is 7.07. The molecule has 0 aliphatic rings. The molecular formula is C15H22ClNO3. The molecule has 0 heterocycles. The lowest BCUT2D eigenvalue weighted by atomic mass is 9.86. The Bertz CT molecular complexity index is 457. The number of nitrogens with one attached hydrogen (secondary N) is 1. The molecule has 0 aliphatic heterocycles. The number of aliphatic hydroxyl groups excluding tert-OH is 1. The zero-order chi connectivity index (χ0) is 15.3. The van der Waals surface area contributed by atoms with Gasteiger partial charge in [-0.3, -0.25) is 4.79 Å². The largest absolute Gasteiger partial charge is 0.468 e. The zero-order valence-corrected chi connectivity index (χ0v) is 13.1. The van der Waals surface area contributed by atoms with E-state index < -0.39 is 12.1 Å². The summed E-state index contributed by atoms with van der Waals surface area (Å²) in [6.07, 6.45) is -0.779. The first kappa shape index (κ1) is 17.0. The van der Waals surface area contributed by atoms with Crippen molar-refractivity contribution in [3.05, 3.63) is 34.9 Å². The number of methoxy groups -OCH3 is 1. The van der Waals surface area contributed by atoms with Crippen LogP contribution >= 0.6 is 11.6 Å². The molecule has 2 N–H and O–H groups in total. The van der Waals surface area contributed by atoms with Gasteiger partial charge in [0.1, 0.15) is 6.04 Å². The number of carbonyl (C=O) groups is 1. The minimum Gasteiger partial charge on any atom is -0.468 e. The van der Waals surface area contributed by atoms with Gasteiger partial charge in [0.15, 0.2) is 0 Å². The lowest BCUT2D eigenvalue weighted by molar-refractivity contribution is -0.146. The summed E-state index contributed by atoms with van der Waals surface area (Å²) in [5.41, 5.74) is 0.326. The molecule has 4 nitrogen and oxygen atoms in total. The van der Waals surface area contributed by atoms with Gasteiger partial charge in [0.05, 0.1) is 13.2 Å². The van der Waals surface area contributed by atoms with Crippen molar-refractivity contribution in [1.82, 2.24) is 5.32 Å².